The molecule has 0 saturated carbocycles. The number of rotatable bonds is 34. The first-order valence-electron chi connectivity index (χ1n) is 20.0. The lowest BCUT2D eigenvalue weighted by molar-refractivity contribution is -0.887. The molecule has 0 heterocycles. The number of carbonyl (C=O) groups excluding carboxylic acids is 2. The van der Waals surface area contributed by atoms with Gasteiger partial charge in [0.2, 0.25) is 0 Å². The molecule has 8 nitrogen and oxygen atoms in total. The molecule has 52 heavy (non-hydrogen) atoms. The molecule has 0 bridgehead atoms. The van der Waals surface area contributed by atoms with E-state index in [1.807, 2.05) is 75.8 Å². The number of carbonyl (C=O) groups is 3. The molecular weight excluding hydrogens is 654 g/mol. The van der Waals surface area contributed by atoms with E-state index in [9.17, 15) is 19.5 Å². The molecular formula is C44H74NO7+. The van der Waals surface area contributed by atoms with Crippen molar-refractivity contribution in [2.75, 3.05) is 41.0 Å². The Hall–Kier alpha value is -3.23. The average molecular weight is 729 g/mol. The minimum absolute atomic E-state index is 0.0273. The third-order valence-electron chi connectivity index (χ3n) is 8.47. The molecule has 0 amide bonds. The maximum Gasteiger partial charge on any atom is 0.362 e. The number of unbranched alkanes of at least 4 members (excludes halogenated alkanes) is 12. The van der Waals surface area contributed by atoms with E-state index in [0.29, 0.717) is 19.3 Å². The largest absolute Gasteiger partial charge is 0.477 e. The fourth-order valence-corrected chi connectivity index (χ4v) is 5.35. The van der Waals surface area contributed by atoms with Crippen LogP contribution < -0.4 is 0 Å². The Morgan fingerprint density at radius 2 is 1.12 bits per heavy atom. The highest BCUT2D eigenvalue weighted by atomic mass is 16.6. The Kier molecular flexibility index (Phi) is 32.7. The molecule has 0 spiro atoms. The second-order valence-electron chi connectivity index (χ2n) is 14.3. The van der Waals surface area contributed by atoms with E-state index in [2.05, 4.69) is 32.1 Å². The van der Waals surface area contributed by atoms with Crippen LogP contribution in [0.2, 0.25) is 0 Å². The Morgan fingerprint density at radius 3 is 1.69 bits per heavy atom. The number of carboxylic acid groups (broad SMARTS) is 1. The number of hydrogen-bond donors (Lipinski definition) is 1. The molecule has 1 N–H and O–H groups in total. The molecule has 0 fully saturated rings. The minimum atomic E-state index is -0.891. The Balaban J connectivity index is 4.52. The molecule has 0 saturated heterocycles. The zero-order valence-corrected chi connectivity index (χ0v) is 33.5. The first-order chi connectivity index (χ1) is 25.1. The maximum absolute atomic E-state index is 12.6. The second kappa shape index (κ2) is 34.8. The maximum atomic E-state index is 12.6. The van der Waals surface area contributed by atoms with Crippen molar-refractivity contribution < 1.29 is 38.2 Å². The van der Waals surface area contributed by atoms with Crippen molar-refractivity contribution in [1.29, 1.82) is 0 Å². The summed E-state index contributed by atoms with van der Waals surface area (Å²) < 4.78 is 17.1. The van der Waals surface area contributed by atoms with Gasteiger partial charge in [0.25, 0.3) is 0 Å². The smallest absolute Gasteiger partial charge is 0.362 e. The summed E-state index contributed by atoms with van der Waals surface area (Å²) in [7, 11) is 5.48. The molecule has 2 atom stereocenters. The third kappa shape index (κ3) is 32.7. The molecule has 0 aliphatic carbocycles. The normalized spacial score (nSPS) is 13.8. The predicted octanol–water partition coefficient (Wildman–Crippen LogP) is 10.4. The van der Waals surface area contributed by atoms with Gasteiger partial charge in [0, 0.05) is 19.3 Å². The lowest BCUT2D eigenvalue weighted by Crippen LogP contribution is -2.50. The van der Waals surface area contributed by atoms with Gasteiger partial charge in [-0.05, 0) is 51.4 Å². The monoisotopic (exact) mass is 729 g/mol. The van der Waals surface area contributed by atoms with Crippen LogP contribution in [-0.2, 0) is 28.6 Å². The van der Waals surface area contributed by atoms with Crippen LogP contribution in [0.15, 0.2) is 72.9 Å². The van der Waals surface area contributed by atoms with Crippen molar-refractivity contribution in [2.45, 2.75) is 148 Å². The molecule has 0 rings (SSSR count). The zero-order chi connectivity index (χ0) is 38.5. The molecule has 8 heteroatoms. The quantitative estimate of drug-likeness (QED) is 0.0231. The van der Waals surface area contributed by atoms with E-state index in [-0.39, 0.29) is 42.7 Å². The van der Waals surface area contributed by atoms with E-state index in [1.165, 1.54) is 64.2 Å². The van der Waals surface area contributed by atoms with Crippen LogP contribution in [0.4, 0.5) is 0 Å². The van der Waals surface area contributed by atoms with Crippen LogP contribution in [0.5, 0.6) is 0 Å². The van der Waals surface area contributed by atoms with Gasteiger partial charge < -0.3 is 23.8 Å². The van der Waals surface area contributed by atoms with Crippen molar-refractivity contribution in [3.05, 3.63) is 72.9 Å². The summed E-state index contributed by atoms with van der Waals surface area (Å²) >= 11 is 0. The summed E-state index contributed by atoms with van der Waals surface area (Å²) in [6, 6.07) is -0.630. The molecule has 0 aliphatic heterocycles. The van der Waals surface area contributed by atoms with E-state index >= 15 is 0 Å². The topological polar surface area (TPSA) is 99.1 Å². The van der Waals surface area contributed by atoms with Crippen LogP contribution >= 0.6 is 0 Å². The minimum Gasteiger partial charge on any atom is -0.477 e. The van der Waals surface area contributed by atoms with Gasteiger partial charge in [0.1, 0.15) is 6.61 Å². The number of ether oxygens (including phenoxy) is 3. The molecule has 296 valence electrons. The molecule has 0 radical (unpaired) electrons. The SMILES string of the molecule is CC/C=C/C=C/C=C/C=C/C=C/CCCC(=O)OC(COCCC(C(=O)O)[N+](C)(C)C)COC(=O)CCCCCCCCC/C=C/CCCCCC. The van der Waals surface area contributed by atoms with Crippen LogP contribution in [0, 0.1) is 0 Å². The number of aliphatic carboxylic acids is 1. The molecule has 2 unspecified atom stereocenters. The first-order valence-corrected chi connectivity index (χ1v) is 20.0. The number of allylic oxidation sites excluding steroid dienone is 12. The number of carboxylic acids is 1. The number of nitrogens with zero attached hydrogens (tertiary/aromatic N) is 1. The third-order valence-corrected chi connectivity index (χ3v) is 8.47. The summed E-state index contributed by atoms with van der Waals surface area (Å²) in [4.78, 5) is 36.8. The summed E-state index contributed by atoms with van der Waals surface area (Å²) in [5.74, 6) is -1.58. The Morgan fingerprint density at radius 1 is 0.596 bits per heavy atom. The number of likely N-dealkylation sites (N-methyl/N-ethyl adjacent to an activating group) is 1. The van der Waals surface area contributed by atoms with Crippen LogP contribution in [0.3, 0.4) is 0 Å². The lowest BCUT2D eigenvalue weighted by atomic mass is 10.1. The second-order valence-corrected chi connectivity index (χ2v) is 14.3. The number of quaternary nitrogens is 1. The van der Waals surface area contributed by atoms with Gasteiger partial charge in [-0.3, -0.25) is 9.59 Å². The lowest BCUT2D eigenvalue weighted by Gasteiger charge is -2.31. The van der Waals surface area contributed by atoms with Crippen molar-refractivity contribution in [1.82, 2.24) is 0 Å². The van der Waals surface area contributed by atoms with E-state index < -0.39 is 18.1 Å². The van der Waals surface area contributed by atoms with E-state index in [4.69, 9.17) is 14.2 Å². The van der Waals surface area contributed by atoms with Crippen molar-refractivity contribution in [2.24, 2.45) is 0 Å². The van der Waals surface area contributed by atoms with Gasteiger partial charge in [-0.15, -0.1) is 0 Å². The van der Waals surface area contributed by atoms with Crippen molar-refractivity contribution >= 4 is 17.9 Å². The van der Waals surface area contributed by atoms with E-state index in [1.54, 1.807) is 0 Å². The predicted molar refractivity (Wildman–Crippen MR) is 215 cm³/mol. The highest BCUT2D eigenvalue weighted by molar-refractivity contribution is 5.72. The van der Waals surface area contributed by atoms with Crippen LogP contribution in [0.25, 0.3) is 0 Å². The summed E-state index contributed by atoms with van der Waals surface area (Å²) in [5.41, 5.74) is 0. The van der Waals surface area contributed by atoms with Crippen LogP contribution in [-0.4, -0.2) is 80.6 Å². The fourth-order valence-electron chi connectivity index (χ4n) is 5.35. The van der Waals surface area contributed by atoms with Gasteiger partial charge in [-0.1, -0.05) is 138 Å². The van der Waals surface area contributed by atoms with Gasteiger partial charge in [0.15, 0.2) is 12.1 Å². The average Bonchev–Trinajstić information content (AvgIpc) is 3.09. The Bertz CT molecular complexity index is 1080. The van der Waals surface area contributed by atoms with Crippen molar-refractivity contribution in [3.63, 3.8) is 0 Å². The Labute approximate surface area is 317 Å². The van der Waals surface area contributed by atoms with Gasteiger partial charge >= 0.3 is 17.9 Å². The zero-order valence-electron chi connectivity index (χ0n) is 33.5. The van der Waals surface area contributed by atoms with Gasteiger partial charge in [0.05, 0.1) is 34.4 Å². The number of hydrogen-bond acceptors (Lipinski definition) is 6. The highest BCUT2D eigenvalue weighted by Crippen LogP contribution is 2.13. The van der Waals surface area contributed by atoms with Crippen LogP contribution in [0.1, 0.15) is 136 Å². The molecule has 0 aromatic heterocycles. The molecule has 0 aliphatic rings. The van der Waals surface area contributed by atoms with Gasteiger partial charge in [-0.25, -0.2) is 4.79 Å². The van der Waals surface area contributed by atoms with E-state index in [0.717, 1.165) is 32.1 Å². The first kappa shape index (κ1) is 48.8. The standard InChI is InChI=1S/C44H73NO7/c1-6-8-10-12-14-16-18-20-21-23-24-26-28-30-32-34-42(46)51-39-40(38-50-37-36-41(44(48)49)45(3,4)5)52-43(47)35-33-31-29-27-25-22-19-17-15-13-11-9-7-2/h9,11,13,15-19,22,25,27,29,40-41H,6-8,10,12,14,20-21,23-24,26,28,30-39H2,1-5H3/p+1/b11-9+,15-13+,18-16+,19-17+,25-22+,29-27+. The molecule has 0 aromatic carbocycles. The summed E-state index contributed by atoms with van der Waals surface area (Å²) in [5, 5.41) is 9.59. The summed E-state index contributed by atoms with van der Waals surface area (Å²) in [6.07, 6.45) is 42.4. The fraction of sp³-hybridized carbons (Fsp3) is 0.659. The number of esters is 2. The van der Waals surface area contributed by atoms with Crippen molar-refractivity contribution in [3.8, 4) is 0 Å². The van der Waals surface area contributed by atoms with Gasteiger partial charge in [-0.2, -0.15) is 0 Å². The summed E-state index contributed by atoms with van der Waals surface area (Å²) in [6.45, 7) is 4.47. The molecule has 0 aromatic rings. The highest BCUT2D eigenvalue weighted by Gasteiger charge is 2.31.